The number of ether oxygens (including phenoxy) is 2. The molecule has 6 nitrogen and oxygen atoms in total. The summed E-state index contributed by atoms with van der Waals surface area (Å²) in [6.07, 6.45) is 0.415. The third-order valence-corrected chi connectivity index (χ3v) is 3.97. The lowest BCUT2D eigenvalue weighted by molar-refractivity contribution is -0.140. The van der Waals surface area contributed by atoms with Crippen molar-refractivity contribution in [1.29, 1.82) is 0 Å². The summed E-state index contributed by atoms with van der Waals surface area (Å²) >= 11 is 0. The summed E-state index contributed by atoms with van der Waals surface area (Å²) in [4.78, 5) is 22.9. The third-order valence-electron chi connectivity index (χ3n) is 3.97. The molecule has 0 bridgehead atoms. The van der Waals surface area contributed by atoms with Crippen LogP contribution in [-0.4, -0.2) is 23.8 Å². The molecule has 1 aliphatic carbocycles. The fourth-order valence-electron chi connectivity index (χ4n) is 2.52. The number of fused-ring (bicyclic) bond motifs is 1. The van der Waals surface area contributed by atoms with E-state index in [0.717, 1.165) is 5.56 Å². The molecule has 0 radical (unpaired) electrons. The SMILES string of the molecule is CC(C)(NC(=O)[C@H]1C[C@@H]1C(=O)O)c1ccc2c(c1)OCO2. The Hall–Kier alpha value is -2.24. The van der Waals surface area contributed by atoms with Crippen LogP contribution in [0.25, 0.3) is 0 Å². The van der Waals surface area contributed by atoms with E-state index < -0.39 is 23.3 Å². The number of rotatable bonds is 4. The van der Waals surface area contributed by atoms with Gasteiger partial charge in [-0.05, 0) is 38.0 Å². The summed E-state index contributed by atoms with van der Waals surface area (Å²) in [6, 6.07) is 5.52. The fraction of sp³-hybridized carbons (Fsp3) is 0.467. The zero-order valence-electron chi connectivity index (χ0n) is 11.9. The lowest BCUT2D eigenvalue weighted by atomic mass is 9.93. The van der Waals surface area contributed by atoms with Gasteiger partial charge in [-0.15, -0.1) is 0 Å². The van der Waals surface area contributed by atoms with E-state index in [1.54, 1.807) is 0 Å². The van der Waals surface area contributed by atoms with Crippen LogP contribution in [0.3, 0.4) is 0 Å². The topological polar surface area (TPSA) is 84.9 Å². The van der Waals surface area contributed by atoms with E-state index in [2.05, 4.69) is 5.32 Å². The van der Waals surface area contributed by atoms with Gasteiger partial charge in [0.05, 0.1) is 17.4 Å². The summed E-state index contributed by atoms with van der Waals surface area (Å²) in [5.74, 6) is -0.742. The quantitative estimate of drug-likeness (QED) is 0.878. The van der Waals surface area contributed by atoms with E-state index in [9.17, 15) is 9.59 Å². The molecule has 112 valence electrons. The van der Waals surface area contributed by atoms with Crippen molar-refractivity contribution in [2.45, 2.75) is 25.8 Å². The minimum atomic E-state index is -0.906. The van der Waals surface area contributed by atoms with E-state index in [1.807, 2.05) is 32.0 Å². The lowest BCUT2D eigenvalue weighted by Gasteiger charge is -2.27. The number of hydrogen-bond acceptors (Lipinski definition) is 4. The van der Waals surface area contributed by atoms with Gasteiger partial charge >= 0.3 is 5.97 Å². The normalized spacial score (nSPS) is 22.8. The van der Waals surface area contributed by atoms with Gasteiger partial charge < -0.3 is 19.9 Å². The van der Waals surface area contributed by atoms with Gasteiger partial charge in [-0.1, -0.05) is 6.07 Å². The van der Waals surface area contributed by atoms with Gasteiger partial charge in [-0.25, -0.2) is 0 Å². The van der Waals surface area contributed by atoms with Crippen molar-refractivity contribution >= 4 is 11.9 Å². The third kappa shape index (κ3) is 2.53. The first-order chi connectivity index (χ1) is 9.88. The van der Waals surface area contributed by atoms with Crippen molar-refractivity contribution in [3.8, 4) is 11.5 Å². The van der Waals surface area contributed by atoms with Crippen LogP contribution in [-0.2, 0) is 15.1 Å². The maximum Gasteiger partial charge on any atom is 0.307 e. The van der Waals surface area contributed by atoms with Gasteiger partial charge in [0, 0.05) is 0 Å². The predicted molar refractivity (Wildman–Crippen MR) is 73.0 cm³/mol. The standard InChI is InChI=1S/C15H17NO5/c1-15(2,16-13(17)9-6-10(9)14(18)19)8-3-4-11-12(5-8)21-7-20-11/h3-5,9-10H,6-7H2,1-2H3,(H,16,17)(H,18,19)/t9-,10-/m0/s1. The van der Waals surface area contributed by atoms with E-state index in [4.69, 9.17) is 14.6 Å². The average molecular weight is 291 g/mol. The number of carboxylic acid groups (broad SMARTS) is 1. The molecule has 0 saturated heterocycles. The molecule has 1 fully saturated rings. The first-order valence-electron chi connectivity index (χ1n) is 6.83. The van der Waals surface area contributed by atoms with E-state index >= 15 is 0 Å². The smallest absolute Gasteiger partial charge is 0.307 e. The molecule has 2 aliphatic rings. The molecular formula is C15H17NO5. The Kier molecular flexibility index (Phi) is 3.04. The number of carbonyl (C=O) groups is 2. The highest BCUT2D eigenvalue weighted by molar-refractivity contribution is 5.89. The molecule has 1 heterocycles. The molecule has 1 saturated carbocycles. The largest absolute Gasteiger partial charge is 0.481 e. The summed E-state index contributed by atoms with van der Waals surface area (Å²) in [5.41, 5.74) is 0.275. The highest BCUT2D eigenvalue weighted by Crippen LogP contribution is 2.40. The Labute approximate surface area is 122 Å². The van der Waals surface area contributed by atoms with Gasteiger partial charge in [0.1, 0.15) is 0 Å². The molecular weight excluding hydrogens is 274 g/mol. The molecule has 2 N–H and O–H groups in total. The van der Waals surface area contributed by atoms with Crippen LogP contribution < -0.4 is 14.8 Å². The zero-order chi connectivity index (χ0) is 15.2. The Balaban J connectivity index is 1.72. The Morgan fingerprint density at radius 3 is 2.62 bits per heavy atom. The van der Waals surface area contributed by atoms with Gasteiger partial charge in [0.15, 0.2) is 11.5 Å². The summed E-state index contributed by atoms with van der Waals surface area (Å²) in [7, 11) is 0. The second kappa shape index (κ2) is 4.65. The highest BCUT2D eigenvalue weighted by Gasteiger charge is 2.49. The molecule has 21 heavy (non-hydrogen) atoms. The fourth-order valence-corrected chi connectivity index (χ4v) is 2.52. The van der Waals surface area contributed by atoms with Crippen LogP contribution in [0.1, 0.15) is 25.8 Å². The maximum atomic E-state index is 12.1. The molecule has 0 aromatic heterocycles. The van der Waals surface area contributed by atoms with Gasteiger partial charge in [0.2, 0.25) is 12.7 Å². The number of benzene rings is 1. The molecule has 1 aliphatic heterocycles. The summed E-state index contributed by atoms with van der Waals surface area (Å²) in [6.45, 7) is 3.95. The van der Waals surface area contributed by atoms with E-state index in [0.29, 0.717) is 17.9 Å². The van der Waals surface area contributed by atoms with Crippen molar-refractivity contribution in [1.82, 2.24) is 5.32 Å². The van der Waals surface area contributed by atoms with Crippen LogP contribution in [0.5, 0.6) is 11.5 Å². The molecule has 1 amide bonds. The molecule has 3 rings (SSSR count). The first kappa shape index (κ1) is 13.7. The maximum absolute atomic E-state index is 12.1. The molecule has 0 unspecified atom stereocenters. The molecule has 0 spiro atoms. The first-order valence-corrected chi connectivity index (χ1v) is 6.83. The van der Waals surface area contributed by atoms with E-state index in [1.165, 1.54) is 0 Å². The van der Waals surface area contributed by atoms with Crippen molar-refractivity contribution in [3.05, 3.63) is 23.8 Å². The minimum absolute atomic E-state index is 0.202. The Bertz CT molecular complexity index is 610. The lowest BCUT2D eigenvalue weighted by Crippen LogP contribution is -2.42. The highest BCUT2D eigenvalue weighted by atomic mass is 16.7. The zero-order valence-corrected chi connectivity index (χ0v) is 11.9. The number of carboxylic acids is 1. The molecule has 1 aromatic carbocycles. The average Bonchev–Trinajstić information content (AvgIpc) is 3.09. The van der Waals surface area contributed by atoms with E-state index in [-0.39, 0.29) is 12.7 Å². The number of nitrogens with one attached hydrogen (secondary N) is 1. The summed E-state index contributed by atoms with van der Waals surface area (Å²) in [5, 5.41) is 11.8. The molecule has 1 aromatic rings. The van der Waals surface area contributed by atoms with Gasteiger partial charge in [-0.2, -0.15) is 0 Å². The number of hydrogen-bond donors (Lipinski definition) is 2. The molecule has 6 heteroatoms. The number of carbonyl (C=O) groups excluding carboxylic acids is 1. The van der Waals surface area contributed by atoms with Crippen molar-refractivity contribution < 1.29 is 24.2 Å². The van der Waals surface area contributed by atoms with Crippen molar-refractivity contribution in [3.63, 3.8) is 0 Å². The monoisotopic (exact) mass is 291 g/mol. The van der Waals surface area contributed by atoms with Crippen LogP contribution >= 0.6 is 0 Å². The number of amides is 1. The van der Waals surface area contributed by atoms with Crippen LogP contribution in [0.2, 0.25) is 0 Å². The number of aliphatic carboxylic acids is 1. The Morgan fingerprint density at radius 2 is 1.95 bits per heavy atom. The second-order valence-electron chi connectivity index (χ2n) is 5.97. The second-order valence-corrected chi connectivity index (χ2v) is 5.97. The molecule has 2 atom stereocenters. The van der Waals surface area contributed by atoms with Gasteiger partial charge in [-0.3, -0.25) is 9.59 Å². The van der Waals surface area contributed by atoms with Crippen LogP contribution in [0.4, 0.5) is 0 Å². The van der Waals surface area contributed by atoms with Crippen LogP contribution in [0.15, 0.2) is 18.2 Å². The van der Waals surface area contributed by atoms with Crippen molar-refractivity contribution in [2.75, 3.05) is 6.79 Å². The van der Waals surface area contributed by atoms with Crippen LogP contribution in [0, 0.1) is 11.8 Å². The van der Waals surface area contributed by atoms with Gasteiger partial charge in [0.25, 0.3) is 0 Å². The Morgan fingerprint density at radius 1 is 1.24 bits per heavy atom. The van der Waals surface area contributed by atoms with Crippen molar-refractivity contribution in [2.24, 2.45) is 11.8 Å². The predicted octanol–water partition coefficient (Wildman–Crippen LogP) is 1.49. The summed E-state index contributed by atoms with van der Waals surface area (Å²) < 4.78 is 10.6. The minimum Gasteiger partial charge on any atom is -0.481 e.